The summed E-state index contributed by atoms with van der Waals surface area (Å²) in [6.45, 7) is 32.0. The van der Waals surface area contributed by atoms with Gasteiger partial charge in [0, 0.05) is 0 Å². The highest BCUT2D eigenvalue weighted by Gasteiger charge is 2.18. The topological polar surface area (TPSA) is 97.4 Å². The molecule has 0 saturated carbocycles. The lowest BCUT2D eigenvalue weighted by Gasteiger charge is -2.21. The molecular formula is C35H52O8. The fourth-order valence-electron chi connectivity index (χ4n) is 2.69. The van der Waals surface area contributed by atoms with Crippen molar-refractivity contribution in [2.75, 3.05) is 13.2 Å². The van der Waals surface area contributed by atoms with E-state index in [2.05, 4.69) is 26.3 Å². The van der Waals surface area contributed by atoms with Crippen LogP contribution in [0.1, 0.15) is 90.0 Å². The highest BCUT2D eigenvalue weighted by Crippen LogP contribution is 2.19. The summed E-state index contributed by atoms with van der Waals surface area (Å²) in [4.78, 5) is 34.9. The molecule has 43 heavy (non-hydrogen) atoms. The second kappa shape index (κ2) is 20.8. The number of ether oxygens (including phenoxy) is 5. The second-order valence-electron chi connectivity index (χ2n) is 11.8. The molecule has 0 unspecified atom stereocenters. The molecule has 0 amide bonds. The molecule has 2 aromatic carbocycles. The summed E-state index contributed by atoms with van der Waals surface area (Å²) in [6, 6.07) is 13.2. The van der Waals surface area contributed by atoms with E-state index in [4.69, 9.17) is 23.7 Å². The first-order chi connectivity index (χ1) is 19.9. The molecule has 0 radical (unpaired) electrons. The van der Waals surface area contributed by atoms with Gasteiger partial charge < -0.3 is 23.7 Å². The fourth-order valence-corrected chi connectivity index (χ4v) is 2.69. The Kier molecular flexibility index (Phi) is 19.8. The highest BCUT2D eigenvalue weighted by molar-refractivity contribution is 5.90. The fraction of sp³-hybridized carbons (Fsp3) is 0.457. The third kappa shape index (κ3) is 21.3. The van der Waals surface area contributed by atoms with Gasteiger partial charge in [-0.1, -0.05) is 27.7 Å². The minimum absolute atomic E-state index is 0.236. The molecule has 0 fully saturated rings. The van der Waals surface area contributed by atoms with Crippen molar-refractivity contribution in [1.29, 1.82) is 0 Å². The van der Waals surface area contributed by atoms with Crippen LogP contribution in [0.5, 0.6) is 11.5 Å². The van der Waals surface area contributed by atoms with Crippen LogP contribution in [0.3, 0.4) is 0 Å². The Labute approximate surface area is 259 Å². The Balaban J connectivity index is 0. The summed E-state index contributed by atoms with van der Waals surface area (Å²) in [7, 11) is 0. The van der Waals surface area contributed by atoms with Crippen molar-refractivity contribution in [2.45, 2.75) is 80.4 Å². The summed E-state index contributed by atoms with van der Waals surface area (Å²) >= 11 is 0. The molecule has 0 aliphatic carbocycles. The van der Waals surface area contributed by atoms with Gasteiger partial charge >= 0.3 is 18.1 Å². The SMILES string of the molecule is C=C.C=C.CC(C)COC(=O)c1ccc(OC(=O)OC(C)(C)C)cc1.CC(C)COC(=O)c1ccc(OC(C)(C)C)cc1. The van der Waals surface area contributed by atoms with Crippen LogP contribution in [-0.4, -0.2) is 42.5 Å². The van der Waals surface area contributed by atoms with Gasteiger partial charge in [0.1, 0.15) is 22.7 Å². The van der Waals surface area contributed by atoms with E-state index in [1.54, 1.807) is 57.2 Å². The summed E-state index contributed by atoms with van der Waals surface area (Å²) in [5, 5.41) is 0. The van der Waals surface area contributed by atoms with Crippen LogP contribution in [-0.2, 0) is 14.2 Å². The molecule has 0 saturated heterocycles. The smallest absolute Gasteiger partial charge is 0.488 e. The number of hydrogen-bond acceptors (Lipinski definition) is 8. The maximum absolute atomic E-state index is 11.7. The molecule has 0 heterocycles. The third-order valence-corrected chi connectivity index (χ3v) is 4.29. The highest BCUT2D eigenvalue weighted by atomic mass is 16.7. The quantitative estimate of drug-likeness (QED) is 0.128. The number of carbonyl (C=O) groups excluding carboxylic acids is 3. The van der Waals surface area contributed by atoms with Gasteiger partial charge in [0.25, 0.3) is 0 Å². The van der Waals surface area contributed by atoms with Gasteiger partial charge in [0.2, 0.25) is 0 Å². The van der Waals surface area contributed by atoms with Crippen molar-refractivity contribution >= 4 is 18.1 Å². The Bertz CT molecular complexity index is 1070. The van der Waals surface area contributed by atoms with Gasteiger partial charge in [-0.25, -0.2) is 14.4 Å². The predicted molar refractivity (Wildman–Crippen MR) is 173 cm³/mol. The maximum Gasteiger partial charge on any atom is 0.514 e. The van der Waals surface area contributed by atoms with E-state index in [0.717, 1.165) is 5.75 Å². The zero-order valence-corrected chi connectivity index (χ0v) is 27.8. The first kappa shape index (κ1) is 41.1. The third-order valence-electron chi connectivity index (χ3n) is 4.29. The van der Waals surface area contributed by atoms with Crippen molar-refractivity contribution in [3.8, 4) is 11.5 Å². The predicted octanol–water partition coefficient (Wildman–Crippen LogP) is 9.09. The number of hydrogen-bond donors (Lipinski definition) is 0. The standard InChI is InChI=1S/C16H22O5.C15H22O3.2C2H4/c1-11(2)10-19-14(17)12-6-8-13(9-7-12)20-15(18)21-16(3,4)5;1-11(2)10-17-14(16)12-6-8-13(9-7-12)18-15(3,4)5;2*1-2/h6-9,11H,10H2,1-5H3;6-9,11H,10H2,1-5H3;2*1-2H2. The molecule has 2 rings (SSSR count). The molecule has 0 bridgehead atoms. The molecule has 0 atom stereocenters. The monoisotopic (exact) mass is 600 g/mol. The summed E-state index contributed by atoms with van der Waals surface area (Å²) in [5.41, 5.74) is 0.112. The molecule has 2 aromatic rings. The molecular weight excluding hydrogens is 548 g/mol. The van der Waals surface area contributed by atoms with E-state index in [-0.39, 0.29) is 17.5 Å². The normalized spacial score (nSPS) is 10.4. The first-order valence-corrected chi connectivity index (χ1v) is 14.1. The number of esters is 2. The van der Waals surface area contributed by atoms with Crippen molar-refractivity contribution in [1.82, 2.24) is 0 Å². The van der Waals surface area contributed by atoms with Crippen molar-refractivity contribution in [2.24, 2.45) is 11.8 Å². The van der Waals surface area contributed by atoms with Crippen LogP contribution in [0.4, 0.5) is 4.79 Å². The van der Waals surface area contributed by atoms with Crippen LogP contribution in [0, 0.1) is 11.8 Å². The largest absolute Gasteiger partial charge is 0.514 e. The molecule has 0 aliphatic rings. The Morgan fingerprint density at radius 2 is 0.953 bits per heavy atom. The van der Waals surface area contributed by atoms with Gasteiger partial charge in [-0.2, -0.15) is 0 Å². The van der Waals surface area contributed by atoms with Gasteiger partial charge in [0.15, 0.2) is 0 Å². The van der Waals surface area contributed by atoms with Gasteiger partial charge in [-0.15, -0.1) is 26.3 Å². The van der Waals surface area contributed by atoms with Crippen LogP contribution < -0.4 is 9.47 Å². The zero-order chi connectivity index (χ0) is 33.8. The average Bonchev–Trinajstić information content (AvgIpc) is 2.92. The lowest BCUT2D eigenvalue weighted by molar-refractivity contribution is 0.0205. The number of carbonyl (C=O) groups is 3. The molecule has 0 N–H and O–H groups in total. The Morgan fingerprint density at radius 1 is 0.605 bits per heavy atom. The van der Waals surface area contributed by atoms with Crippen LogP contribution in [0.15, 0.2) is 74.8 Å². The minimum atomic E-state index is -0.780. The van der Waals surface area contributed by atoms with Crippen LogP contribution >= 0.6 is 0 Å². The van der Waals surface area contributed by atoms with E-state index in [1.165, 1.54) is 12.1 Å². The Morgan fingerprint density at radius 3 is 1.26 bits per heavy atom. The van der Waals surface area contributed by atoms with E-state index < -0.39 is 17.7 Å². The zero-order valence-electron chi connectivity index (χ0n) is 27.8. The van der Waals surface area contributed by atoms with Crippen LogP contribution in [0.2, 0.25) is 0 Å². The first-order valence-electron chi connectivity index (χ1n) is 14.1. The molecule has 0 aliphatic heterocycles. The summed E-state index contributed by atoms with van der Waals surface area (Å²) in [6.07, 6.45) is -0.780. The molecule has 0 spiro atoms. The van der Waals surface area contributed by atoms with Crippen molar-refractivity contribution in [3.05, 3.63) is 86.0 Å². The molecule has 0 aromatic heterocycles. The average molecular weight is 601 g/mol. The van der Waals surface area contributed by atoms with Crippen molar-refractivity contribution in [3.63, 3.8) is 0 Å². The van der Waals surface area contributed by atoms with Gasteiger partial charge in [0.05, 0.1) is 24.3 Å². The molecule has 240 valence electrons. The van der Waals surface area contributed by atoms with E-state index in [0.29, 0.717) is 36.0 Å². The summed E-state index contributed by atoms with van der Waals surface area (Å²) in [5.74, 6) is 1.01. The lowest BCUT2D eigenvalue weighted by atomic mass is 10.1. The maximum atomic E-state index is 11.7. The molecule has 8 nitrogen and oxygen atoms in total. The summed E-state index contributed by atoms with van der Waals surface area (Å²) < 4.78 is 26.0. The molecule has 8 heteroatoms. The minimum Gasteiger partial charge on any atom is -0.488 e. The number of rotatable bonds is 8. The van der Waals surface area contributed by atoms with Crippen LogP contribution in [0.25, 0.3) is 0 Å². The van der Waals surface area contributed by atoms with E-state index in [9.17, 15) is 14.4 Å². The second-order valence-corrected chi connectivity index (χ2v) is 11.8. The Hall–Kier alpha value is -4.07. The lowest BCUT2D eigenvalue weighted by Crippen LogP contribution is -2.25. The van der Waals surface area contributed by atoms with E-state index >= 15 is 0 Å². The number of benzene rings is 2. The van der Waals surface area contributed by atoms with Gasteiger partial charge in [-0.3, -0.25) is 0 Å². The van der Waals surface area contributed by atoms with E-state index in [1.807, 2.05) is 48.5 Å². The van der Waals surface area contributed by atoms with Gasteiger partial charge in [-0.05, 0) is 102 Å². The van der Waals surface area contributed by atoms with Crippen molar-refractivity contribution < 1.29 is 38.1 Å².